The number of rotatable bonds is 8. The minimum absolute atomic E-state index is 0.220. The highest BCUT2D eigenvalue weighted by atomic mass is 16.5. The Morgan fingerprint density at radius 1 is 1.30 bits per heavy atom. The van der Waals surface area contributed by atoms with Crippen LogP contribution in [0.4, 0.5) is 0 Å². The Balaban J connectivity index is 1.40. The highest BCUT2D eigenvalue weighted by molar-refractivity contribution is 4.79. The van der Waals surface area contributed by atoms with Crippen LogP contribution in [0.25, 0.3) is 0 Å². The van der Waals surface area contributed by atoms with Crippen LogP contribution in [0.3, 0.4) is 0 Å². The zero-order chi connectivity index (χ0) is 15.9. The van der Waals surface area contributed by atoms with E-state index in [1.54, 1.807) is 12.7 Å². The molecule has 0 saturated carbocycles. The molecule has 0 aromatic carbocycles. The van der Waals surface area contributed by atoms with E-state index in [2.05, 4.69) is 15.0 Å². The molecule has 0 radical (unpaired) electrons. The van der Waals surface area contributed by atoms with Gasteiger partial charge in [0.05, 0.1) is 32.0 Å². The van der Waals surface area contributed by atoms with Gasteiger partial charge in [-0.15, -0.1) is 0 Å². The minimum Gasteiger partial charge on any atom is -0.389 e. The Kier molecular flexibility index (Phi) is 6.38. The number of hydrogen-bond donors (Lipinski definition) is 1. The van der Waals surface area contributed by atoms with E-state index >= 15 is 0 Å². The van der Waals surface area contributed by atoms with E-state index in [0.29, 0.717) is 25.8 Å². The van der Waals surface area contributed by atoms with E-state index in [1.807, 2.05) is 4.68 Å². The van der Waals surface area contributed by atoms with Crippen LogP contribution in [0.1, 0.15) is 32.1 Å². The van der Waals surface area contributed by atoms with Gasteiger partial charge in [-0.1, -0.05) is 6.42 Å². The number of aromatic nitrogens is 3. The van der Waals surface area contributed by atoms with Gasteiger partial charge < -0.3 is 14.6 Å². The Morgan fingerprint density at radius 2 is 2.26 bits per heavy atom. The van der Waals surface area contributed by atoms with Crippen LogP contribution in [0.2, 0.25) is 0 Å². The molecule has 0 spiro atoms. The predicted octanol–water partition coefficient (Wildman–Crippen LogP) is 0.689. The Morgan fingerprint density at radius 3 is 3.04 bits per heavy atom. The molecule has 0 amide bonds. The van der Waals surface area contributed by atoms with Crippen LogP contribution in [0, 0.1) is 0 Å². The topological polar surface area (TPSA) is 72.6 Å². The highest BCUT2D eigenvalue weighted by Crippen LogP contribution is 2.19. The molecular weight excluding hydrogens is 296 g/mol. The van der Waals surface area contributed by atoms with Crippen molar-refractivity contribution in [1.29, 1.82) is 0 Å². The lowest BCUT2D eigenvalue weighted by Crippen LogP contribution is -2.46. The number of nitrogens with zero attached hydrogens (tertiary/aromatic N) is 4. The molecule has 0 unspecified atom stereocenters. The van der Waals surface area contributed by atoms with E-state index in [0.717, 1.165) is 39.0 Å². The summed E-state index contributed by atoms with van der Waals surface area (Å²) in [5.41, 5.74) is 0. The van der Waals surface area contributed by atoms with Gasteiger partial charge in [-0.2, -0.15) is 5.10 Å². The standard InChI is InChI=1S/C16H28N4O3/c21-15(10-22-11-16-5-3-7-23-16)9-19-6-2-1-4-14(19)8-20-13-17-12-18-20/h12-16,21H,1-11H2/t14-,15+,16-/m1/s1. The van der Waals surface area contributed by atoms with Gasteiger partial charge in [-0.3, -0.25) is 9.58 Å². The first-order valence-corrected chi connectivity index (χ1v) is 8.75. The zero-order valence-corrected chi connectivity index (χ0v) is 13.7. The smallest absolute Gasteiger partial charge is 0.137 e. The molecule has 2 saturated heterocycles. The molecule has 0 aliphatic carbocycles. The molecule has 130 valence electrons. The van der Waals surface area contributed by atoms with Gasteiger partial charge in [-0.25, -0.2) is 4.98 Å². The number of aliphatic hydroxyl groups is 1. The molecule has 7 nitrogen and oxygen atoms in total. The van der Waals surface area contributed by atoms with Crippen molar-refractivity contribution in [2.24, 2.45) is 0 Å². The summed E-state index contributed by atoms with van der Waals surface area (Å²) >= 11 is 0. The van der Waals surface area contributed by atoms with Crippen molar-refractivity contribution < 1.29 is 14.6 Å². The number of ether oxygens (including phenoxy) is 2. The first-order chi connectivity index (χ1) is 11.3. The van der Waals surface area contributed by atoms with E-state index in [4.69, 9.17) is 9.47 Å². The van der Waals surface area contributed by atoms with Gasteiger partial charge in [0.15, 0.2) is 0 Å². The SMILES string of the molecule is O[C@H](COC[C@H]1CCCO1)CN1CCCC[C@@H]1Cn1cncn1. The maximum atomic E-state index is 10.3. The third-order valence-electron chi connectivity index (χ3n) is 4.70. The van der Waals surface area contributed by atoms with Crippen molar-refractivity contribution in [3.8, 4) is 0 Å². The minimum atomic E-state index is -0.451. The molecular formula is C16H28N4O3. The van der Waals surface area contributed by atoms with Crippen molar-refractivity contribution in [2.45, 2.75) is 56.9 Å². The van der Waals surface area contributed by atoms with Crippen molar-refractivity contribution in [3.05, 3.63) is 12.7 Å². The number of aliphatic hydroxyl groups excluding tert-OH is 1. The first-order valence-electron chi connectivity index (χ1n) is 8.75. The van der Waals surface area contributed by atoms with Crippen LogP contribution in [0.15, 0.2) is 12.7 Å². The van der Waals surface area contributed by atoms with E-state index in [-0.39, 0.29) is 6.10 Å². The summed E-state index contributed by atoms with van der Waals surface area (Å²) in [5.74, 6) is 0. The number of β-amino-alcohol motifs (C(OH)–C–C–N with tert-alkyl or cyclic N) is 1. The summed E-state index contributed by atoms with van der Waals surface area (Å²) in [4.78, 5) is 6.37. The molecule has 2 aliphatic rings. The summed E-state index contributed by atoms with van der Waals surface area (Å²) in [5, 5.41) is 14.5. The molecule has 3 atom stereocenters. The summed E-state index contributed by atoms with van der Waals surface area (Å²) in [6.45, 7) is 4.34. The lowest BCUT2D eigenvalue weighted by atomic mass is 10.0. The van der Waals surface area contributed by atoms with Crippen LogP contribution in [-0.4, -0.2) is 75.9 Å². The average Bonchev–Trinajstić information content (AvgIpc) is 3.23. The van der Waals surface area contributed by atoms with E-state index < -0.39 is 6.10 Å². The molecule has 1 N–H and O–H groups in total. The lowest BCUT2D eigenvalue weighted by molar-refractivity contribution is -0.0322. The van der Waals surface area contributed by atoms with Crippen LogP contribution < -0.4 is 0 Å². The van der Waals surface area contributed by atoms with Gasteiger partial charge in [0, 0.05) is 19.2 Å². The average molecular weight is 324 g/mol. The predicted molar refractivity (Wildman–Crippen MR) is 85.0 cm³/mol. The molecule has 0 bridgehead atoms. The van der Waals surface area contributed by atoms with Crippen LogP contribution >= 0.6 is 0 Å². The molecule has 1 aromatic heterocycles. The second kappa shape index (κ2) is 8.73. The second-order valence-corrected chi connectivity index (χ2v) is 6.59. The number of likely N-dealkylation sites (tertiary alicyclic amines) is 1. The van der Waals surface area contributed by atoms with Gasteiger partial charge in [-0.05, 0) is 32.2 Å². The second-order valence-electron chi connectivity index (χ2n) is 6.59. The summed E-state index contributed by atoms with van der Waals surface area (Å²) in [6.07, 6.45) is 8.86. The highest BCUT2D eigenvalue weighted by Gasteiger charge is 2.25. The monoisotopic (exact) mass is 324 g/mol. The molecule has 23 heavy (non-hydrogen) atoms. The Bertz CT molecular complexity index is 437. The maximum absolute atomic E-state index is 10.3. The summed E-state index contributed by atoms with van der Waals surface area (Å²) in [7, 11) is 0. The Hall–Kier alpha value is -1.02. The Labute approximate surface area is 137 Å². The van der Waals surface area contributed by atoms with Crippen molar-refractivity contribution in [1.82, 2.24) is 19.7 Å². The fraction of sp³-hybridized carbons (Fsp3) is 0.875. The van der Waals surface area contributed by atoms with Gasteiger partial charge in [0.2, 0.25) is 0 Å². The van der Waals surface area contributed by atoms with E-state index in [1.165, 1.54) is 12.8 Å². The number of hydrogen-bond acceptors (Lipinski definition) is 6. The molecule has 1 aromatic rings. The quantitative estimate of drug-likeness (QED) is 0.758. The van der Waals surface area contributed by atoms with Gasteiger partial charge in [0.1, 0.15) is 12.7 Å². The zero-order valence-electron chi connectivity index (χ0n) is 13.7. The number of piperidine rings is 1. The van der Waals surface area contributed by atoms with Crippen LogP contribution in [0.5, 0.6) is 0 Å². The van der Waals surface area contributed by atoms with Gasteiger partial charge >= 0.3 is 0 Å². The largest absolute Gasteiger partial charge is 0.389 e. The summed E-state index contributed by atoms with van der Waals surface area (Å²) < 4.78 is 13.0. The van der Waals surface area contributed by atoms with Crippen molar-refractivity contribution in [2.75, 3.05) is 32.9 Å². The van der Waals surface area contributed by atoms with Crippen molar-refractivity contribution >= 4 is 0 Å². The van der Waals surface area contributed by atoms with E-state index in [9.17, 15) is 5.11 Å². The third-order valence-corrected chi connectivity index (χ3v) is 4.70. The fourth-order valence-corrected chi connectivity index (χ4v) is 3.48. The van der Waals surface area contributed by atoms with Gasteiger partial charge in [0.25, 0.3) is 0 Å². The molecule has 2 fully saturated rings. The van der Waals surface area contributed by atoms with Crippen LogP contribution in [-0.2, 0) is 16.0 Å². The molecule has 3 heterocycles. The third kappa shape index (κ3) is 5.24. The molecule has 7 heteroatoms. The van der Waals surface area contributed by atoms with Crippen molar-refractivity contribution in [3.63, 3.8) is 0 Å². The lowest BCUT2D eigenvalue weighted by Gasteiger charge is -2.36. The summed E-state index contributed by atoms with van der Waals surface area (Å²) in [6, 6.07) is 0.415. The molecule has 3 rings (SSSR count). The normalized spacial score (nSPS) is 27.3. The first kappa shape index (κ1) is 16.8. The maximum Gasteiger partial charge on any atom is 0.137 e. The molecule has 2 aliphatic heterocycles. The fourth-order valence-electron chi connectivity index (χ4n) is 3.48.